The fraction of sp³-hybridized carbons (Fsp3) is 0.250. The lowest BCUT2D eigenvalue weighted by Gasteiger charge is -2.13. The largest absolute Gasteiger partial charge is 0.454 e. The highest BCUT2D eigenvalue weighted by Gasteiger charge is 2.19. The predicted octanol–water partition coefficient (Wildman–Crippen LogP) is 4.49. The lowest BCUT2D eigenvalue weighted by atomic mass is 9.93. The molecular formula is C16H16N2OS2. The highest BCUT2D eigenvalue weighted by atomic mass is 32.1. The van der Waals surface area contributed by atoms with Crippen LogP contribution < -0.4 is 5.73 Å². The van der Waals surface area contributed by atoms with Crippen LogP contribution in [0.2, 0.25) is 0 Å². The lowest BCUT2D eigenvalue weighted by molar-refractivity contribution is 0.571. The summed E-state index contributed by atoms with van der Waals surface area (Å²) >= 11 is 6.61. The third-order valence-electron chi connectivity index (χ3n) is 3.28. The molecule has 0 aliphatic rings. The van der Waals surface area contributed by atoms with Crippen molar-refractivity contribution in [2.24, 2.45) is 5.73 Å². The van der Waals surface area contributed by atoms with Crippen molar-refractivity contribution in [2.45, 2.75) is 26.2 Å². The van der Waals surface area contributed by atoms with E-state index in [1.54, 1.807) is 11.3 Å². The van der Waals surface area contributed by atoms with Gasteiger partial charge in [0.2, 0.25) is 0 Å². The number of furan rings is 1. The monoisotopic (exact) mass is 316 g/mol. The molecule has 0 spiro atoms. The smallest absolute Gasteiger partial charge is 0.164 e. The van der Waals surface area contributed by atoms with E-state index in [4.69, 9.17) is 22.4 Å². The van der Waals surface area contributed by atoms with Gasteiger partial charge in [0, 0.05) is 21.7 Å². The van der Waals surface area contributed by atoms with Crippen molar-refractivity contribution >= 4 is 39.5 Å². The van der Waals surface area contributed by atoms with E-state index in [1.807, 2.05) is 24.3 Å². The Morgan fingerprint density at radius 1 is 1.29 bits per heavy atom. The summed E-state index contributed by atoms with van der Waals surface area (Å²) in [5.41, 5.74) is 8.45. The number of hydrogen-bond acceptors (Lipinski definition) is 4. The Bertz CT molecular complexity index is 824. The van der Waals surface area contributed by atoms with E-state index in [9.17, 15) is 0 Å². The molecule has 0 unspecified atom stereocenters. The minimum Gasteiger partial charge on any atom is -0.454 e. The molecule has 0 saturated heterocycles. The molecule has 0 atom stereocenters. The van der Waals surface area contributed by atoms with Crippen LogP contribution >= 0.6 is 23.6 Å². The number of aromatic nitrogens is 1. The van der Waals surface area contributed by atoms with E-state index in [1.165, 1.54) is 0 Å². The summed E-state index contributed by atoms with van der Waals surface area (Å²) in [6, 6.07) is 7.71. The van der Waals surface area contributed by atoms with Crippen LogP contribution in [0.1, 0.15) is 32.0 Å². The Labute approximate surface area is 132 Å². The minimum atomic E-state index is 0.0413. The fourth-order valence-electron chi connectivity index (χ4n) is 2.03. The van der Waals surface area contributed by atoms with Gasteiger partial charge >= 0.3 is 0 Å². The zero-order valence-electron chi connectivity index (χ0n) is 12.1. The maximum atomic E-state index is 5.88. The number of rotatable bonds is 2. The Hall–Kier alpha value is -1.72. The summed E-state index contributed by atoms with van der Waals surface area (Å²) in [5, 5.41) is 3.97. The van der Waals surface area contributed by atoms with Crippen molar-refractivity contribution in [3.63, 3.8) is 0 Å². The summed E-state index contributed by atoms with van der Waals surface area (Å²) in [4.78, 5) is 5.07. The maximum absolute atomic E-state index is 5.88. The van der Waals surface area contributed by atoms with Crippen molar-refractivity contribution < 1.29 is 4.42 Å². The molecule has 3 aromatic rings. The zero-order chi connectivity index (χ0) is 15.2. The van der Waals surface area contributed by atoms with Crippen molar-refractivity contribution in [1.82, 2.24) is 4.98 Å². The first-order valence-electron chi connectivity index (χ1n) is 6.64. The molecule has 0 amide bonds. The van der Waals surface area contributed by atoms with Crippen molar-refractivity contribution in [1.29, 1.82) is 0 Å². The van der Waals surface area contributed by atoms with Crippen molar-refractivity contribution in [3.8, 4) is 10.8 Å². The molecule has 0 bridgehead atoms. The molecule has 108 valence electrons. The summed E-state index contributed by atoms with van der Waals surface area (Å²) < 4.78 is 5.88. The molecule has 0 aliphatic heterocycles. The molecule has 2 heterocycles. The summed E-state index contributed by atoms with van der Waals surface area (Å²) in [6.07, 6.45) is 0. The first kappa shape index (κ1) is 14.2. The highest BCUT2D eigenvalue weighted by molar-refractivity contribution is 7.80. The number of fused-ring (bicyclic) bond motifs is 1. The van der Waals surface area contributed by atoms with E-state index in [0.29, 0.717) is 4.99 Å². The molecule has 3 rings (SSSR count). The van der Waals surface area contributed by atoms with Gasteiger partial charge < -0.3 is 10.2 Å². The van der Waals surface area contributed by atoms with Crippen LogP contribution in [0.15, 0.2) is 34.1 Å². The van der Waals surface area contributed by atoms with E-state index >= 15 is 0 Å². The van der Waals surface area contributed by atoms with Gasteiger partial charge in [0.05, 0.1) is 5.69 Å². The van der Waals surface area contributed by atoms with E-state index < -0.39 is 0 Å². The number of benzene rings is 1. The second-order valence-electron chi connectivity index (χ2n) is 6.02. The highest BCUT2D eigenvalue weighted by Crippen LogP contribution is 2.33. The Balaban J connectivity index is 2.05. The van der Waals surface area contributed by atoms with Gasteiger partial charge in [0.15, 0.2) is 10.8 Å². The molecule has 0 saturated carbocycles. The minimum absolute atomic E-state index is 0.0413. The second kappa shape index (κ2) is 4.93. The number of nitrogens with two attached hydrogens (primary N) is 1. The quantitative estimate of drug-likeness (QED) is 0.708. The molecule has 0 radical (unpaired) electrons. The average molecular weight is 316 g/mol. The SMILES string of the molecule is CC(C)(C)c1csc(-c2cc3cc(C(N)=S)ccc3o2)n1. The molecule has 3 nitrogen and oxygen atoms in total. The van der Waals surface area contributed by atoms with Gasteiger partial charge in [0.1, 0.15) is 10.6 Å². The zero-order valence-corrected chi connectivity index (χ0v) is 13.8. The van der Waals surface area contributed by atoms with Crippen molar-refractivity contribution in [2.75, 3.05) is 0 Å². The molecule has 2 aromatic heterocycles. The second-order valence-corrected chi connectivity index (χ2v) is 7.31. The first-order valence-corrected chi connectivity index (χ1v) is 7.93. The molecule has 1 aromatic carbocycles. The lowest BCUT2D eigenvalue weighted by Crippen LogP contribution is -2.11. The fourth-order valence-corrected chi connectivity index (χ4v) is 3.16. The Kier molecular flexibility index (Phi) is 3.34. The van der Waals surface area contributed by atoms with Crippen LogP contribution in [0.3, 0.4) is 0 Å². The van der Waals surface area contributed by atoms with Crippen LogP contribution in [0, 0.1) is 0 Å². The van der Waals surface area contributed by atoms with Gasteiger partial charge in [-0.3, -0.25) is 0 Å². The van der Waals surface area contributed by atoms with E-state index in [0.717, 1.165) is 33.0 Å². The Morgan fingerprint density at radius 2 is 2.05 bits per heavy atom. The van der Waals surface area contributed by atoms with Gasteiger partial charge in [-0.1, -0.05) is 33.0 Å². The van der Waals surface area contributed by atoms with Crippen molar-refractivity contribution in [3.05, 3.63) is 40.9 Å². The topological polar surface area (TPSA) is 52.0 Å². The Morgan fingerprint density at radius 3 is 2.67 bits per heavy atom. The summed E-state index contributed by atoms with van der Waals surface area (Å²) in [6.45, 7) is 6.46. The van der Waals surface area contributed by atoms with Gasteiger partial charge in [0.25, 0.3) is 0 Å². The number of thiocarbonyl (C=S) groups is 1. The van der Waals surface area contributed by atoms with E-state index in [2.05, 4.69) is 31.1 Å². The number of thiazole rings is 1. The molecule has 0 aliphatic carbocycles. The van der Waals surface area contributed by atoms with Gasteiger partial charge in [-0.25, -0.2) is 4.98 Å². The van der Waals surface area contributed by atoms with Gasteiger partial charge in [-0.2, -0.15) is 0 Å². The first-order chi connectivity index (χ1) is 9.84. The van der Waals surface area contributed by atoms with Gasteiger partial charge in [-0.15, -0.1) is 11.3 Å². The maximum Gasteiger partial charge on any atom is 0.164 e. The number of hydrogen-bond donors (Lipinski definition) is 1. The van der Waals surface area contributed by atoms with Crippen LogP contribution in [-0.2, 0) is 5.41 Å². The predicted molar refractivity (Wildman–Crippen MR) is 91.9 cm³/mol. The number of nitrogens with zero attached hydrogens (tertiary/aromatic N) is 1. The average Bonchev–Trinajstić information content (AvgIpc) is 3.03. The normalized spacial score (nSPS) is 12.0. The molecule has 0 fully saturated rings. The van der Waals surface area contributed by atoms with Crippen LogP contribution in [0.4, 0.5) is 0 Å². The third kappa shape index (κ3) is 2.71. The summed E-state index contributed by atoms with van der Waals surface area (Å²) in [7, 11) is 0. The van der Waals surface area contributed by atoms with Crippen LogP contribution in [0.25, 0.3) is 21.7 Å². The molecule has 21 heavy (non-hydrogen) atoms. The van der Waals surface area contributed by atoms with Gasteiger partial charge in [-0.05, 0) is 24.3 Å². The molecule has 5 heteroatoms. The summed E-state index contributed by atoms with van der Waals surface area (Å²) in [5.74, 6) is 0.783. The van der Waals surface area contributed by atoms with E-state index in [-0.39, 0.29) is 5.41 Å². The molecular weight excluding hydrogens is 300 g/mol. The van der Waals surface area contributed by atoms with Crippen LogP contribution in [0.5, 0.6) is 0 Å². The molecule has 2 N–H and O–H groups in total. The van der Waals surface area contributed by atoms with Crippen LogP contribution in [-0.4, -0.2) is 9.97 Å². The standard InChI is InChI=1S/C16H16N2OS2/c1-16(2,3)13-8-21-15(18-13)12-7-10-6-9(14(17)20)4-5-11(10)19-12/h4-8H,1-3H3,(H2,17,20). The third-order valence-corrected chi connectivity index (χ3v) is 4.38.